The van der Waals surface area contributed by atoms with Crippen molar-refractivity contribution in [3.05, 3.63) is 29.8 Å². The number of hydrogen-bond acceptors (Lipinski definition) is 2. The van der Waals surface area contributed by atoms with Gasteiger partial charge < -0.3 is 11.1 Å². The quantitative estimate of drug-likeness (QED) is 0.831. The summed E-state index contributed by atoms with van der Waals surface area (Å²) in [6.45, 7) is 0.592. The summed E-state index contributed by atoms with van der Waals surface area (Å²) >= 11 is 0. The Morgan fingerprint density at radius 2 is 2.12 bits per heavy atom. The van der Waals surface area contributed by atoms with Crippen molar-refractivity contribution in [2.45, 2.75) is 25.3 Å². The van der Waals surface area contributed by atoms with Crippen LogP contribution >= 0.6 is 0 Å². The Morgan fingerprint density at radius 1 is 1.31 bits per heavy atom. The molecule has 0 saturated heterocycles. The van der Waals surface area contributed by atoms with Crippen LogP contribution in [0.2, 0.25) is 0 Å². The molecule has 0 aromatic heterocycles. The maximum Gasteiger partial charge on any atom is 0.181 e. The number of anilines is 1. The Balaban J connectivity index is 2.11. The Labute approximate surface area is 93.8 Å². The van der Waals surface area contributed by atoms with Crippen molar-refractivity contribution in [2.75, 3.05) is 11.9 Å². The average Bonchev–Trinajstić information content (AvgIpc) is 2.72. The van der Waals surface area contributed by atoms with Crippen LogP contribution in [0.4, 0.5) is 14.5 Å². The summed E-state index contributed by atoms with van der Waals surface area (Å²) in [6, 6.07) is 4.36. The summed E-state index contributed by atoms with van der Waals surface area (Å²) in [6.07, 6.45) is 3.12. The van der Waals surface area contributed by atoms with E-state index in [0.29, 0.717) is 12.5 Å². The van der Waals surface area contributed by atoms with E-state index in [1.54, 1.807) is 6.07 Å². The van der Waals surface area contributed by atoms with E-state index in [1.165, 1.54) is 6.07 Å². The highest BCUT2D eigenvalue weighted by Gasteiger charge is 2.26. The molecule has 16 heavy (non-hydrogen) atoms. The lowest BCUT2D eigenvalue weighted by atomic mass is 10.0. The summed E-state index contributed by atoms with van der Waals surface area (Å²) in [5, 5.41) is 3.06. The van der Waals surface area contributed by atoms with E-state index < -0.39 is 11.6 Å². The van der Waals surface area contributed by atoms with Gasteiger partial charge in [0.25, 0.3) is 0 Å². The topological polar surface area (TPSA) is 38.0 Å². The molecule has 2 rings (SSSR count). The van der Waals surface area contributed by atoms with Crippen LogP contribution in [0, 0.1) is 17.6 Å². The van der Waals surface area contributed by atoms with E-state index >= 15 is 0 Å². The maximum atomic E-state index is 13.4. The molecule has 0 radical (unpaired) electrons. The second kappa shape index (κ2) is 4.78. The second-order valence-corrected chi connectivity index (χ2v) is 4.28. The first-order valence-corrected chi connectivity index (χ1v) is 5.63. The zero-order valence-corrected chi connectivity index (χ0v) is 9.05. The van der Waals surface area contributed by atoms with Crippen LogP contribution in [-0.2, 0) is 0 Å². The zero-order chi connectivity index (χ0) is 11.5. The SMILES string of the molecule is NCC1CCCC1Nc1cccc(F)c1F. The van der Waals surface area contributed by atoms with Crippen LogP contribution in [0.3, 0.4) is 0 Å². The summed E-state index contributed by atoms with van der Waals surface area (Å²) in [7, 11) is 0. The Morgan fingerprint density at radius 3 is 2.88 bits per heavy atom. The number of nitrogens with two attached hydrogens (primary N) is 1. The van der Waals surface area contributed by atoms with Crippen molar-refractivity contribution in [1.82, 2.24) is 0 Å². The van der Waals surface area contributed by atoms with Crippen LogP contribution < -0.4 is 11.1 Å². The molecule has 4 heteroatoms. The van der Waals surface area contributed by atoms with Crippen LogP contribution in [0.15, 0.2) is 18.2 Å². The Kier molecular flexibility index (Phi) is 3.39. The number of hydrogen-bond donors (Lipinski definition) is 2. The van der Waals surface area contributed by atoms with Gasteiger partial charge in [0.2, 0.25) is 0 Å². The maximum absolute atomic E-state index is 13.4. The zero-order valence-electron chi connectivity index (χ0n) is 9.05. The molecular weight excluding hydrogens is 210 g/mol. The molecule has 1 saturated carbocycles. The van der Waals surface area contributed by atoms with Gasteiger partial charge in [0.05, 0.1) is 5.69 Å². The molecule has 2 nitrogen and oxygen atoms in total. The van der Waals surface area contributed by atoms with Gasteiger partial charge in [-0.05, 0) is 37.4 Å². The highest BCUT2D eigenvalue weighted by atomic mass is 19.2. The summed E-state index contributed by atoms with van der Waals surface area (Å²) in [4.78, 5) is 0. The van der Waals surface area contributed by atoms with Crippen LogP contribution in [-0.4, -0.2) is 12.6 Å². The van der Waals surface area contributed by atoms with E-state index in [1.807, 2.05) is 0 Å². The fraction of sp³-hybridized carbons (Fsp3) is 0.500. The fourth-order valence-electron chi connectivity index (χ4n) is 2.32. The van der Waals surface area contributed by atoms with Crippen LogP contribution in [0.5, 0.6) is 0 Å². The van der Waals surface area contributed by atoms with Crippen molar-refractivity contribution < 1.29 is 8.78 Å². The Hall–Kier alpha value is -1.16. The van der Waals surface area contributed by atoms with Gasteiger partial charge >= 0.3 is 0 Å². The highest BCUT2D eigenvalue weighted by Crippen LogP contribution is 2.29. The first-order chi connectivity index (χ1) is 7.72. The third-order valence-electron chi connectivity index (χ3n) is 3.25. The smallest absolute Gasteiger partial charge is 0.181 e. The molecule has 1 aromatic rings. The predicted molar refractivity (Wildman–Crippen MR) is 60.2 cm³/mol. The van der Waals surface area contributed by atoms with Crippen molar-refractivity contribution in [2.24, 2.45) is 11.7 Å². The normalized spacial score (nSPS) is 24.7. The van der Waals surface area contributed by atoms with E-state index in [2.05, 4.69) is 5.32 Å². The molecule has 1 aliphatic rings. The molecule has 2 unspecified atom stereocenters. The summed E-state index contributed by atoms with van der Waals surface area (Å²) < 4.78 is 26.4. The molecule has 1 aliphatic carbocycles. The van der Waals surface area contributed by atoms with Gasteiger partial charge in [0.1, 0.15) is 0 Å². The lowest BCUT2D eigenvalue weighted by Crippen LogP contribution is -2.29. The third kappa shape index (κ3) is 2.16. The molecule has 0 amide bonds. The van der Waals surface area contributed by atoms with Crippen molar-refractivity contribution >= 4 is 5.69 Å². The van der Waals surface area contributed by atoms with E-state index in [4.69, 9.17) is 5.73 Å². The molecule has 3 N–H and O–H groups in total. The third-order valence-corrected chi connectivity index (χ3v) is 3.25. The minimum Gasteiger partial charge on any atom is -0.380 e. The average molecular weight is 226 g/mol. The van der Waals surface area contributed by atoms with Crippen molar-refractivity contribution in [3.63, 3.8) is 0 Å². The summed E-state index contributed by atoms with van der Waals surface area (Å²) in [5.41, 5.74) is 5.88. The minimum atomic E-state index is -0.813. The summed E-state index contributed by atoms with van der Waals surface area (Å²) in [5.74, 6) is -1.25. The van der Waals surface area contributed by atoms with Crippen LogP contribution in [0.25, 0.3) is 0 Å². The van der Waals surface area contributed by atoms with E-state index in [0.717, 1.165) is 25.3 Å². The molecule has 0 aliphatic heterocycles. The first kappa shape index (κ1) is 11.3. The van der Waals surface area contributed by atoms with Gasteiger partial charge in [-0.2, -0.15) is 0 Å². The molecule has 0 heterocycles. The van der Waals surface area contributed by atoms with Crippen LogP contribution in [0.1, 0.15) is 19.3 Å². The lowest BCUT2D eigenvalue weighted by molar-refractivity contribution is 0.495. The first-order valence-electron chi connectivity index (χ1n) is 5.63. The number of halogens is 2. The van der Waals surface area contributed by atoms with Gasteiger partial charge in [-0.3, -0.25) is 0 Å². The van der Waals surface area contributed by atoms with E-state index in [9.17, 15) is 8.78 Å². The van der Waals surface area contributed by atoms with Gasteiger partial charge in [0.15, 0.2) is 11.6 Å². The molecule has 0 spiro atoms. The second-order valence-electron chi connectivity index (χ2n) is 4.28. The fourth-order valence-corrected chi connectivity index (χ4v) is 2.32. The van der Waals surface area contributed by atoms with E-state index in [-0.39, 0.29) is 11.7 Å². The van der Waals surface area contributed by atoms with Gasteiger partial charge in [0, 0.05) is 6.04 Å². The minimum absolute atomic E-state index is 0.168. The molecule has 88 valence electrons. The number of rotatable bonds is 3. The largest absolute Gasteiger partial charge is 0.380 e. The van der Waals surface area contributed by atoms with Crippen molar-refractivity contribution in [1.29, 1.82) is 0 Å². The standard InChI is InChI=1S/C12H16F2N2/c13-9-4-2-6-11(12(9)14)16-10-5-1-3-8(10)7-15/h2,4,6,8,10,16H,1,3,5,7,15H2. The molecule has 2 atom stereocenters. The monoisotopic (exact) mass is 226 g/mol. The van der Waals surface area contributed by atoms with Gasteiger partial charge in [-0.1, -0.05) is 12.5 Å². The highest BCUT2D eigenvalue weighted by molar-refractivity contribution is 5.46. The molecule has 1 aromatic carbocycles. The molecular formula is C12H16F2N2. The number of nitrogens with one attached hydrogen (secondary N) is 1. The van der Waals surface area contributed by atoms with Crippen molar-refractivity contribution in [3.8, 4) is 0 Å². The predicted octanol–water partition coefficient (Wildman–Crippen LogP) is 2.50. The number of benzene rings is 1. The molecule has 1 fully saturated rings. The van der Waals surface area contributed by atoms with Gasteiger partial charge in [-0.25, -0.2) is 8.78 Å². The Bertz CT molecular complexity index is 368. The lowest BCUT2D eigenvalue weighted by Gasteiger charge is -2.21. The van der Waals surface area contributed by atoms with Gasteiger partial charge in [-0.15, -0.1) is 0 Å². The molecule has 0 bridgehead atoms.